The molecule has 0 radical (unpaired) electrons. The van der Waals surface area contributed by atoms with Gasteiger partial charge in [0, 0.05) is 12.8 Å². The number of rotatable bonds is 52. The van der Waals surface area contributed by atoms with E-state index in [4.69, 9.17) is 14.2 Å². The summed E-state index contributed by atoms with van der Waals surface area (Å²) in [5, 5.41) is 56.9. The second-order valence-corrected chi connectivity index (χ2v) is 21.4. The van der Waals surface area contributed by atoms with Crippen molar-refractivity contribution in [1.29, 1.82) is 0 Å². The molecule has 8 unspecified atom stereocenters. The van der Waals surface area contributed by atoms with Crippen molar-refractivity contribution in [1.82, 2.24) is 5.32 Å². The van der Waals surface area contributed by atoms with E-state index in [2.05, 4.69) is 129 Å². The molecular weight excluding hydrogens is 1010 g/mol. The normalized spacial score (nSPS) is 19.6. The largest absolute Gasteiger partial charge is 0.454 e. The highest BCUT2D eigenvalue weighted by Gasteiger charge is 2.47. The first-order valence-electron chi connectivity index (χ1n) is 32.0. The highest BCUT2D eigenvalue weighted by molar-refractivity contribution is 5.81. The summed E-state index contributed by atoms with van der Waals surface area (Å²) in [6, 6.07) is -1.08. The molecule has 1 fully saturated rings. The van der Waals surface area contributed by atoms with Gasteiger partial charge >= 0.3 is 5.97 Å². The minimum atomic E-state index is -1.64. The van der Waals surface area contributed by atoms with Crippen LogP contribution in [-0.4, -0.2) is 99.6 Å². The Morgan fingerprint density at radius 2 is 0.889 bits per heavy atom. The Bertz CT molecular complexity index is 1830. The highest BCUT2D eigenvalue weighted by atomic mass is 16.7. The quantitative estimate of drug-likeness (QED) is 0.0195. The summed E-state index contributed by atoms with van der Waals surface area (Å²) in [6.07, 6.45) is 69.3. The van der Waals surface area contributed by atoms with Gasteiger partial charge in [-0.2, -0.15) is 0 Å². The summed E-state index contributed by atoms with van der Waals surface area (Å²) in [6.45, 7) is 5.57. The van der Waals surface area contributed by atoms with Gasteiger partial charge in [-0.1, -0.05) is 251 Å². The Kier molecular flexibility index (Phi) is 52.0. The lowest BCUT2D eigenvalue weighted by Gasteiger charge is -2.41. The number of hydrogen-bond acceptors (Lipinski definition) is 10. The number of esters is 1. The van der Waals surface area contributed by atoms with Crippen molar-refractivity contribution >= 4 is 11.9 Å². The Hall–Kier alpha value is -4.20. The van der Waals surface area contributed by atoms with E-state index in [-0.39, 0.29) is 19.4 Å². The van der Waals surface area contributed by atoms with E-state index < -0.39 is 67.4 Å². The van der Waals surface area contributed by atoms with Gasteiger partial charge in [0.25, 0.3) is 0 Å². The summed E-state index contributed by atoms with van der Waals surface area (Å²) in [5.41, 5.74) is 0. The van der Waals surface area contributed by atoms with E-state index in [9.17, 15) is 35.1 Å². The maximum atomic E-state index is 13.4. The topological polar surface area (TPSA) is 175 Å². The van der Waals surface area contributed by atoms with Crippen LogP contribution in [0.1, 0.15) is 233 Å². The zero-order valence-corrected chi connectivity index (χ0v) is 50.8. The van der Waals surface area contributed by atoms with Crippen LogP contribution >= 0.6 is 0 Å². The van der Waals surface area contributed by atoms with Crippen LogP contribution in [0.2, 0.25) is 0 Å². The van der Waals surface area contributed by atoms with Crippen LogP contribution in [0.25, 0.3) is 0 Å². The number of ether oxygens (including phenoxy) is 3. The number of amides is 1. The smallest absolute Gasteiger partial charge is 0.306 e. The Balaban J connectivity index is 2.69. The van der Waals surface area contributed by atoms with Crippen molar-refractivity contribution in [3.63, 3.8) is 0 Å². The van der Waals surface area contributed by atoms with Crippen LogP contribution in [-0.2, 0) is 23.8 Å². The molecule has 0 spiro atoms. The molecular formula is C70H115NO10. The predicted octanol–water partition coefficient (Wildman–Crippen LogP) is 15.6. The fraction of sp³-hybridized carbons (Fsp3) is 0.657. The van der Waals surface area contributed by atoms with Gasteiger partial charge in [0.05, 0.1) is 25.4 Å². The van der Waals surface area contributed by atoms with Crippen LogP contribution in [0.3, 0.4) is 0 Å². The molecule has 0 saturated carbocycles. The van der Waals surface area contributed by atoms with Crippen molar-refractivity contribution in [2.24, 2.45) is 0 Å². The van der Waals surface area contributed by atoms with Crippen LogP contribution in [0.15, 0.2) is 134 Å². The fourth-order valence-electron chi connectivity index (χ4n) is 9.00. The molecule has 1 heterocycles. The molecule has 460 valence electrons. The minimum Gasteiger partial charge on any atom is -0.454 e. The second kappa shape index (κ2) is 56.3. The van der Waals surface area contributed by atoms with Gasteiger partial charge in [-0.15, -0.1) is 0 Å². The first kappa shape index (κ1) is 74.8. The summed E-state index contributed by atoms with van der Waals surface area (Å²) in [5.74, 6) is -1.31. The highest BCUT2D eigenvalue weighted by Crippen LogP contribution is 2.26. The molecule has 1 rings (SSSR count). The van der Waals surface area contributed by atoms with E-state index in [0.29, 0.717) is 12.8 Å². The van der Waals surface area contributed by atoms with E-state index in [0.717, 1.165) is 122 Å². The Labute approximate surface area is 493 Å². The monoisotopic (exact) mass is 1130 g/mol. The number of allylic oxidation sites excluding steroid dienone is 20. The SMILES string of the molecule is CC/C=C\C/C=C\C/C=C\C/C=C\C/C=C\C/C=C\CC(O)C(=O)NC(COC1OC(CO)C(O)C(O)C1OC(=O)CCCCCCCCC/C=C\C/C=C\C/C=C\C/C=C\CCCCC)C(O)/C=C/CCCCCCCCCCC. The molecule has 81 heavy (non-hydrogen) atoms. The third-order valence-corrected chi connectivity index (χ3v) is 14.0. The summed E-state index contributed by atoms with van der Waals surface area (Å²) in [7, 11) is 0. The van der Waals surface area contributed by atoms with Crippen molar-refractivity contribution in [3.8, 4) is 0 Å². The van der Waals surface area contributed by atoms with Gasteiger partial charge in [0.2, 0.25) is 5.91 Å². The standard InChI is InChI=1S/C70H115NO10/c1-4-7-10-13-16-19-22-24-26-28-30-31-32-33-34-36-38-40-43-46-49-52-55-58-65(75)81-68-67(77)66(76)64(59-72)80-70(68)79-60-61(62(73)56-53-50-47-44-41-21-18-15-12-9-6-3)71-69(78)63(74)57-54-51-48-45-42-39-37-35-29-27-25-23-20-17-14-11-8-5-2/h8,11,16-17,19-20,24-27,30-31,33-35,37,42,45,51,53-54,56,61-64,66-68,70,72-74,76-77H,4-7,9-10,12-15,18,21-23,28-29,32,36,38-41,43-44,46-50,52,55,57-60H2,1-3H3,(H,71,78)/b11-8-,19-16-,20-17-,26-24-,27-25-,31-30-,34-33-,37-35-,45-42-,54-51-,56-53+. The third kappa shape index (κ3) is 44.1. The first-order chi connectivity index (χ1) is 39.7. The van der Waals surface area contributed by atoms with Crippen LogP contribution in [0.5, 0.6) is 0 Å². The number of carbonyl (C=O) groups excluding carboxylic acids is 2. The van der Waals surface area contributed by atoms with Crippen molar-refractivity contribution < 1.29 is 49.3 Å². The molecule has 8 atom stereocenters. The molecule has 1 aliphatic rings. The average Bonchev–Trinajstić information content (AvgIpc) is 3.51. The lowest BCUT2D eigenvalue weighted by atomic mass is 9.99. The molecule has 1 aliphatic heterocycles. The lowest BCUT2D eigenvalue weighted by molar-refractivity contribution is -0.305. The van der Waals surface area contributed by atoms with Crippen LogP contribution < -0.4 is 5.32 Å². The van der Waals surface area contributed by atoms with Crippen LogP contribution in [0, 0.1) is 0 Å². The van der Waals surface area contributed by atoms with Gasteiger partial charge in [0.1, 0.15) is 24.4 Å². The zero-order chi connectivity index (χ0) is 58.9. The van der Waals surface area contributed by atoms with Crippen molar-refractivity contribution in [3.05, 3.63) is 134 Å². The molecule has 6 N–H and O–H groups in total. The number of hydrogen-bond donors (Lipinski definition) is 6. The molecule has 11 heteroatoms. The number of nitrogens with one attached hydrogen (secondary N) is 1. The number of aliphatic hydroxyl groups excluding tert-OH is 5. The van der Waals surface area contributed by atoms with E-state index in [1.165, 1.54) is 64.2 Å². The lowest BCUT2D eigenvalue weighted by Crippen LogP contribution is -2.61. The number of unbranched alkanes of at least 4 members (excludes halogenated alkanes) is 19. The third-order valence-electron chi connectivity index (χ3n) is 14.0. The van der Waals surface area contributed by atoms with Gasteiger partial charge in [-0.25, -0.2) is 0 Å². The summed E-state index contributed by atoms with van der Waals surface area (Å²) < 4.78 is 17.6. The second-order valence-electron chi connectivity index (χ2n) is 21.4. The number of carbonyl (C=O) groups is 2. The maximum Gasteiger partial charge on any atom is 0.306 e. The molecule has 11 nitrogen and oxygen atoms in total. The number of aliphatic hydroxyl groups is 5. The van der Waals surface area contributed by atoms with Gasteiger partial charge in [-0.05, 0) is 103 Å². The molecule has 0 bridgehead atoms. The van der Waals surface area contributed by atoms with Crippen LogP contribution in [0.4, 0.5) is 0 Å². The van der Waals surface area contributed by atoms with Gasteiger partial charge in [0.15, 0.2) is 12.4 Å². The summed E-state index contributed by atoms with van der Waals surface area (Å²) >= 11 is 0. The average molecular weight is 1130 g/mol. The van der Waals surface area contributed by atoms with Gasteiger partial charge < -0.3 is 45.1 Å². The zero-order valence-electron chi connectivity index (χ0n) is 50.8. The molecule has 0 aromatic carbocycles. The first-order valence-corrected chi connectivity index (χ1v) is 32.0. The molecule has 0 aromatic rings. The molecule has 1 amide bonds. The van der Waals surface area contributed by atoms with E-state index >= 15 is 0 Å². The maximum absolute atomic E-state index is 13.4. The molecule has 0 aromatic heterocycles. The summed E-state index contributed by atoms with van der Waals surface area (Å²) in [4.78, 5) is 26.5. The Morgan fingerprint density at radius 1 is 0.494 bits per heavy atom. The fourth-order valence-corrected chi connectivity index (χ4v) is 9.00. The van der Waals surface area contributed by atoms with Crippen molar-refractivity contribution in [2.45, 2.75) is 282 Å². The van der Waals surface area contributed by atoms with Crippen molar-refractivity contribution in [2.75, 3.05) is 13.2 Å². The van der Waals surface area contributed by atoms with E-state index in [1.54, 1.807) is 12.2 Å². The molecule has 0 aliphatic carbocycles. The van der Waals surface area contributed by atoms with Gasteiger partial charge in [-0.3, -0.25) is 9.59 Å². The van der Waals surface area contributed by atoms with E-state index in [1.807, 2.05) is 18.2 Å². The minimum absolute atomic E-state index is 0.0496. The predicted molar refractivity (Wildman–Crippen MR) is 337 cm³/mol. The Morgan fingerprint density at radius 3 is 1.36 bits per heavy atom. The molecule has 1 saturated heterocycles.